The maximum absolute atomic E-state index is 12.6. The van der Waals surface area contributed by atoms with E-state index in [2.05, 4.69) is 30.2 Å². The van der Waals surface area contributed by atoms with Crippen molar-refractivity contribution in [2.75, 3.05) is 11.5 Å². The second-order valence-corrected chi connectivity index (χ2v) is 12.0. The number of fused-ring (bicyclic) bond motifs is 1. The van der Waals surface area contributed by atoms with Crippen molar-refractivity contribution >= 4 is 29.0 Å². The van der Waals surface area contributed by atoms with Gasteiger partial charge in [0.15, 0.2) is 6.20 Å². The summed E-state index contributed by atoms with van der Waals surface area (Å²) in [5.41, 5.74) is 3.88. The van der Waals surface area contributed by atoms with E-state index in [1.54, 1.807) is 11.8 Å². The first-order valence-corrected chi connectivity index (χ1v) is 16.5. The highest BCUT2D eigenvalue weighted by molar-refractivity contribution is 6.32. The summed E-state index contributed by atoms with van der Waals surface area (Å²) in [6.07, 6.45) is 27.6. The van der Waals surface area contributed by atoms with Gasteiger partial charge in [0.1, 0.15) is 5.75 Å². The minimum absolute atomic E-state index is 0.0231. The van der Waals surface area contributed by atoms with E-state index < -0.39 is 0 Å². The van der Waals surface area contributed by atoms with Crippen molar-refractivity contribution in [1.29, 1.82) is 0 Å². The van der Waals surface area contributed by atoms with E-state index >= 15 is 0 Å². The van der Waals surface area contributed by atoms with Crippen LogP contribution in [0.15, 0.2) is 77.6 Å². The molecule has 0 unspecified atom stereocenters. The van der Waals surface area contributed by atoms with Crippen molar-refractivity contribution in [3.8, 4) is 5.75 Å². The lowest BCUT2D eigenvalue weighted by atomic mass is 10.1. The number of rotatable bonds is 19. The summed E-state index contributed by atoms with van der Waals surface area (Å²) in [6.45, 7) is 4.98. The molecule has 2 aromatic carbocycles. The molecule has 0 aromatic heterocycles. The molecule has 0 N–H and O–H groups in total. The number of amides is 1. The number of halogens is 1. The molecule has 0 aliphatic carbocycles. The Balaban J connectivity index is 1.17. The van der Waals surface area contributed by atoms with Gasteiger partial charge in [0.25, 0.3) is 0 Å². The molecule has 1 amide bonds. The Morgan fingerprint density at radius 1 is 0.884 bits per heavy atom. The number of carbonyl (C=O) groups is 1. The van der Waals surface area contributed by atoms with Gasteiger partial charge in [0.05, 0.1) is 30.7 Å². The number of ether oxygens (including phenoxy) is 1. The van der Waals surface area contributed by atoms with Gasteiger partial charge in [-0.25, -0.2) is 4.90 Å². The third-order valence-corrected chi connectivity index (χ3v) is 8.32. The van der Waals surface area contributed by atoms with Crippen molar-refractivity contribution in [3.63, 3.8) is 0 Å². The van der Waals surface area contributed by atoms with Crippen LogP contribution in [-0.2, 0) is 17.8 Å². The van der Waals surface area contributed by atoms with E-state index in [1.807, 2.05) is 59.7 Å². The molecule has 0 bridgehead atoms. The second-order valence-electron chi connectivity index (χ2n) is 11.5. The van der Waals surface area contributed by atoms with Gasteiger partial charge < -0.3 is 9.64 Å². The molecular weight excluding hydrogens is 554 g/mol. The molecule has 2 aliphatic heterocycles. The van der Waals surface area contributed by atoms with Gasteiger partial charge in [-0.1, -0.05) is 112 Å². The van der Waals surface area contributed by atoms with Gasteiger partial charge >= 0.3 is 0 Å². The van der Waals surface area contributed by atoms with E-state index in [1.165, 1.54) is 70.6 Å². The zero-order chi connectivity index (χ0) is 30.3. The monoisotopic (exact) mass is 600 g/mol. The Kier molecular flexibility index (Phi) is 13.3. The molecule has 5 nitrogen and oxygen atoms in total. The average molecular weight is 601 g/mol. The van der Waals surface area contributed by atoms with Gasteiger partial charge in [-0.15, -0.1) is 0 Å². The fourth-order valence-corrected chi connectivity index (χ4v) is 5.75. The number of hydrogen-bond acceptors (Lipinski definition) is 4. The highest BCUT2D eigenvalue weighted by atomic mass is 35.5. The average Bonchev–Trinajstić information content (AvgIpc) is 3.42. The van der Waals surface area contributed by atoms with Crippen molar-refractivity contribution in [2.24, 2.45) is 4.99 Å². The maximum atomic E-state index is 12.6. The number of amidine groups is 1. The van der Waals surface area contributed by atoms with Gasteiger partial charge in [0, 0.05) is 18.8 Å². The number of unbranched alkanes of at least 4 members (excludes halogenated alkanes) is 11. The van der Waals surface area contributed by atoms with Crippen LogP contribution < -0.4 is 9.64 Å². The van der Waals surface area contributed by atoms with E-state index in [0.29, 0.717) is 30.3 Å². The maximum Gasteiger partial charge on any atom is 0.247 e. The molecule has 0 atom stereocenters. The summed E-state index contributed by atoms with van der Waals surface area (Å²) in [5.74, 6) is 1.61. The number of aliphatic imine (C=N–C) groups is 1. The minimum Gasteiger partial charge on any atom is -0.492 e. The minimum atomic E-state index is -0.0231. The predicted octanol–water partition coefficient (Wildman–Crippen LogP) is 9.96. The van der Waals surface area contributed by atoms with Crippen molar-refractivity contribution in [1.82, 2.24) is 4.90 Å². The van der Waals surface area contributed by atoms with Gasteiger partial charge in [0.2, 0.25) is 17.4 Å². The second kappa shape index (κ2) is 17.7. The summed E-state index contributed by atoms with van der Waals surface area (Å²) in [6, 6.07) is 13.9. The predicted molar refractivity (Wildman–Crippen MR) is 179 cm³/mol. The standard InChI is InChI=1S/C37H47ClN3O2/c1-3-4-5-6-7-8-9-10-11-12-13-16-25-43-36-23-20-32(26-35(36)38)29-41(30(2)42)33-21-18-31(19-22-33)27-37-39-28-34-17-14-15-24-40(34)37/h14-15,17-24,26H,3-13,16,25,27,29H2,1-2H3/q+1. The van der Waals surface area contributed by atoms with Gasteiger partial charge in [-0.2, -0.15) is 0 Å². The molecule has 0 fully saturated rings. The van der Waals surface area contributed by atoms with E-state index in [-0.39, 0.29) is 5.91 Å². The highest BCUT2D eigenvalue weighted by Gasteiger charge is 2.28. The Bertz CT molecular complexity index is 1300. The molecule has 0 radical (unpaired) electrons. The molecule has 228 valence electrons. The largest absolute Gasteiger partial charge is 0.492 e. The van der Waals surface area contributed by atoms with Crippen LogP contribution in [0.5, 0.6) is 5.75 Å². The van der Waals surface area contributed by atoms with Crippen molar-refractivity contribution in [2.45, 2.75) is 104 Å². The zero-order valence-electron chi connectivity index (χ0n) is 26.0. The first-order valence-electron chi connectivity index (χ1n) is 16.2. The lowest BCUT2D eigenvalue weighted by molar-refractivity contribution is -0.116. The summed E-state index contributed by atoms with van der Waals surface area (Å²) >= 11 is 6.58. The molecular formula is C37H47ClN3O2+. The highest BCUT2D eigenvalue weighted by Crippen LogP contribution is 2.28. The molecule has 2 aliphatic rings. The van der Waals surface area contributed by atoms with Crippen LogP contribution in [0.3, 0.4) is 0 Å². The number of carbonyl (C=O) groups excluding carboxylic acids is 1. The summed E-state index contributed by atoms with van der Waals surface area (Å²) in [4.78, 5) is 20.9. The molecule has 0 saturated heterocycles. The van der Waals surface area contributed by atoms with Crippen LogP contribution >= 0.6 is 11.6 Å². The fourth-order valence-electron chi connectivity index (χ4n) is 5.49. The van der Waals surface area contributed by atoms with Crippen LogP contribution in [0.1, 0.15) is 102 Å². The molecule has 6 heteroatoms. The third-order valence-electron chi connectivity index (χ3n) is 8.02. The Hall–Kier alpha value is -3.40. The van der Waals surface area contributed by atoms with E-state index in [0.717, 1.165) is 34.8 Å². The molecule has 43 heavy (non-hydrogen) atoms. The molecule has 2 aromatic rings. The van der Waals surface area contributed by atoms with Crippen LogP contribution in [0.25, 0.3) is 0 Å². The quantitative estimate of drug-likeness (QED) is 0.119. The number of benzene rings is 2. The Labute approximate surface area is 264 Å². The van der Waals surface area contributed by atoms with Crippen LogP contribution in [0.2, 0.25) is 5.02 Å². The van der Waals surface area contributed by atoms with E-state index in [9.17, 15) is 4.79 Å². The van der Waals surface area contributed by atoms with Crippen LogP contribution in [0.4, 0.5) is 5.69 Å². The van der Waals surface area contributed by atoms with E-state index in [4.69, 9.17) is 16.3 Å². The lowest BCUT2D eigenvalue weighted by Gasteiger charge is -2.22. The fraction of sp³-hybridized carbons (Fsp3) is 0.459. The van der Waals surface area contributed by atoms with Crippen molar-refractivity contribution < 1.29 is 9.53 Å². The first-order chi connectivity index (χ1) is 21.0. The van der Waals surface area contributed by atoms with Gasteiger partial charge in [-0.3, -0.25) is 4.79 Å². The SMILES string of the molecule is CCCCCCCCCCCCCCOc1ccc(CN(C(C)=O)c2ccc(CC3=N[C+]=C4C=CC=CN43)cc2)cc1Cl. The molecule has 0 saturated carbocycles. The summed E-state index contributed by atoms with van der Waals surface area (Å²) in [7, 11) is 0. The number of nitrogens with zero attached hydrogens (tertiary/aromatic N) is 3. The number of hydrogen-bond donors (Lipinski definition) is 0. The smallest absolute Gasteiger partial charge is 0.247 e. The molecule has 4 rings (SSSR count). The normalized spacial score (nSPS) is 13.4. The Morgan fingerprint density at radius 2 is 1.53 bits per heavy atom. The number of anilines is 1. The Morgan fingerprint density at radius 3 is 2.19 bits per heavy atom. The number of allylic oxidation sites excluding steroid dienone is 3. The van der Waals surface area contributed by atoms with Crippen molar-refractivity contribution in [3.05, 3.63) is 94.9 Å². The lowest BCUT2D eigenvalue weighted by Crippen LogP contribution is -2.28. The zero-order valence-corrected chi connectivity index (χ0v) is 26.7. The van der Waals surface area contributed by atoms with Gasteiger partial charge in [-0.05, 0) is 54.0 Å². The summed E-state index contributed by atoms with van der Waals surface area (Å²) < 4.78 is 5.98. The molecule has 0 spiro atoms. The summed E-state index contributed by atoms with van der Waals surface area (Å²) in [5, 5.41) is 0.582. The molecule has 2 heterocycles. The first kappa shape index (κ1) is 32.5. The third kappa shape index (κ3) is 10.4. The van der Waals surface area contributed by atoms with Crippen LogP contribution in [0, 0.1) is 6.20 Å². The van der Waals surface area contributed by atoms with Crippen LogP contribution in [-0.4, -0.2) is 23.2 Å². The topological polar surface area (TPSA) is 45.1 Å².